The number of nitrogens with zero attached hydrogens (tertiary/aromatic N) is 7. The summed E-state index contributed by atoms with van der Waals surface area (Å²) in [6.45, 7) is 9.22. The lowest BCUT2D eigenvalue weighted by Crippen LogP contribution is -2.55. The molecule has 1 N–H and O–H groups in total. The van der Waals surface area contributed by atoms with Crippen molar-refractivity contribution in [3.63, 3.8) is 0 Å². The first kappa shape index (κ1) is 14.2. The van der Waals surface area contributed by atoms with Crippen molar-refractivity contribution < 1.29 is 5.11 Å². The van der Waals surface area contributed by atoms with Crippen LogP contribution in [-0.2, 0) is 0 Å². The average molecular weight is 291 g/mol. The summed E-state index contributed by atoms with van der Waals surface area (Å²) >= 11 is 0. The Morgan fingerprint density at radius 2 is 2.14 bits per heavy atom. The predicted molar refractivity (Wildman–Crippen MR) is 78.1 cm³/mol. The monoisotopic (exact) mass is 291 g/mol. The van der Waals surface area contributed by atoms with Crippen molar-refractivity contribution in [1.29, 1.82) is 0 Å². The number of β-amino-alcohol motifs (C(OH)–C–C–N with tert-alkyl or cyclic N) is 1. The van der Waals surface area contributed by atoms with E-state index in [4.69, 9.17) is 0 Å². The molecule has 1 fully saturated rings. The van der Waals surface area contributed by atoms with Crippen LogP contribution in [0.3, 0.4) is 0 Å². The number of tetrazole rings is 1. The molecule has 114 valence electrons. The van der Waals surface area contributed by atoms with Gasteiger partial charge in [0.05, 0.1) is 5.60 Å². The quantitative estimate of drug-likeness (QED) is 0.838. The van der Waals surface area contributed by atoms with Gasteiger partial charge in [-0.25, -0.2) is 0 Å². The molecule has 0 bridgehead atoms. The Balaban J connectivity index is 1.72. The minimum Gasteiger partial charge on any atom is -0.389 e. The third-order valence-corrected chi connectivity index (χ3v) is 3.67. The van der Waals surface area contributed by atoms with E-state index in [1.165, 1.54) is 4.63 Å². The molecule has 2 aromatic heterocycles. The lowest BCUT2D eigenvalue weighted by molar-refractivity contribution is 0.0307. The highest BCUT2D eigenvalue weighted by Gasteiger charge is 2.28. The zero-order valence-corrected chi connectivity index (χ0v) is 12.6. The average Bonchev–Trinajstić information content (AvgIpc) is 2.84. The number of hydrogen-bond donors (Lipinski definition) is 1. The number of rotatable bonds is 3. The number of hydrogen-bond acceptors (Lipinski definition) is 7. The van der Waals surface area contributed by atoms with E-state index in [0.717, 1.165) is 25.5 Å². The van der Waals surface area contributed by atoms with Gasteiger partial charge in [-0.3, -0.25) is 4.90 Å². The molecule has 21 heavy (non-hydrogen) atoms. The molecule has 0 amide bonds. The first-order chi connectivity index (χ1) is 9.92. The maximum atomic E-state index is 9.94. The highest BCUT2D eigenvalue weighted by atomic mass is 16.3. The molecule has 1 aliphatic heterocycles. The van der Waals surface area contributed by atoms with Gasteiger partial charge < -0.3 is 10.0 Å². The SMILES string of the molecule is CC1CN(CC(C)(C)O)CCN1c1ccc2nnnn2n1. The number of piperazine rings is 1. The molecule has 0 saturated carbocycles. The van der Waals surface area contributed by atoms with E-state index < -0.39 is 5.60 Å². The van der Waals surface area contributed by atoms with Gasteiger partial charge in [0.2, 0.25) is 0 Å². The topological polar surface area (TPSA) is 82.7 Å². The van der Waals surface area contributed by atoms with E-state index in [9.17, 15) is 5.11 Å². The van der Waals surface area contributed by atoms with Crippen LogP contribution in [0.5, 0.6) is 0 Å². The molecule has 8 heteroatoms. The summed E-state index contributed by atoms with van der Waals surface area (Å²) in [7, 11) is 0. The molecule has 2 aromatic rings. The van der Waals surface area contributed by atoms with Crippen LogP contribution in [0, 0.1) is 0 Å². The van der Waals surface area contributed by atoms with E-state index in [1.54, 1.807) is 0 Å². The minimum absolute atomic E-state index is 0.322. The van der Waals surface area contributed by atoms with Gasteiger partial charge in [0, 0.05) is 32.2 Å². The Morgan fingerprint density at radius 3 is 2.86 bits per heavy atom. The van der Waals surface area contributed by atoms with Crippen molar-refractivity contribution in [3.05, 3.63) is 12.1 Å². The van der Waals surface area contributed by atoms with Gasteiger partial charge in [0.15, 0.2) is 11.5 Å². The second-order valence-corrected chi connectivity index (χ2v) is 6.31. The lowest BCUT2D eigenvalue weighted by Gasteiger charge is -2.42. The Hall–Kier alpha value is -1.80. The van der Waals surface area contributed by atoms with E-state index in [0.29, 0.717) is 18.2 Å². The largest absolute Gasteiger partial charge is 0.389 e. The van der Waals surface area contributed by atoms with Crippen LogP contribution in [0.2, 0.25) is 0 Å². The minimum atomic E-state index is -0.661. The van der Waals surface area contributed by atoms with Crippen molar-refractivity contribution in [2.24, 2.45) is 0 Å². The van der Waals surface area contributed by atoms with Gasteiger partial charge in [0.25, 0.3) is 0 Å². The van der Waals surface area contributed by atoms with Crippen LogP contribution in [0.4, 0.5) is 5.82 Å². The van der Waals surface area contributed by atoms with E-state index in [-0.39, 0.29) is 0 Å². The van der Waals surface area contributed by atoms with Gasteiger partial charge in [0.1, 0.15) is 0 Å². The summed E-state index contributed by atoms with van der Waals surface area (Å²) in [4.78, 5) is 4.54. The van der Waals surface area contributed by atoms with Gasteiger partial charge in [-0.2, -0.15) is 0 Å². The summed E-state index contributed by atoms with van der Waals surface area (Å²) in [6.07, 6.45) is 0. The molecule has 0 aromatic carbocycles. The zero-order chi connectivity index (χ0) is 15.0. The van der Waals surface area contributed by atoms with Gasteiger partial charge in [-0.15, -0.1) is 14.8 Å². The molecule has 1 aliphatic rings. The molecule has 3 heterocycles. The fourth-order valence-corrected chi connectivity index (χ4v) is 2.86. The Bertz CT molecular complexity index is 620. The van der Waals surface area contributed by atoms with Crippen LogP contribution in [-0.4, -0.2) is 73.1 Å². The van der Waals surface area contributed by atoms with Crippen molar-refractivity contribution >= 4 is 11.5 Å². The van der Waals surface area contributed by atoms with Crippen molar-refractivity contribution in [1.82, 2.24) is 30.2 Å². The van der Waals surface area contributed by atoms with Gasteiger partial charge in [-0.1, -0.05) is 0 Å². The standard InChI is InChI=1S/C13H21N7O/c1-10-8-18(9-13(2,3)21)6-7-19(10)12-5-4-11-14-16-17-20(11)15-12/h4-5,10,21H,6-9H2,1-3H3. The Morgan fingerprint density at radius 1 is 1.33 bits per heavy atom. The molecule has 8 nitrogen and oxygen atoms in total. The molecule has 0 radical (unpaired) electrons. The lowest BCUT2D eigenvalue weighted by atomic mass is 10.1. The molecule has 3 rings (SSSR count). The fourth-order valence-electron chi connectivity index (χ4n) is 2.86. The summed E-state index contributed by atoms with van der Waals surface area (Å²) in [6, 6.07) is 4.15. The van der Waals surface area contributed by atoms with Gasteiger partial charge >= 0.3 is 0 Å². The van der Waals surface area contributed by atoms with Crippen LogP contribution >= 0.6 is 0 Å². The van der Waals surface area contributed by atoms with Crippen LogP contribution in [0.1, 0.15) is 20.8 Å². The summed E-state index contributed by atoms with van der Waals surface area (Å²) in [5, 5.41) is 25.7. The number of aromatic nitrogens is 5. The van der Waals surface area contributed by atoms with Crippen molar-refractivity contribution in [2.75, 3.05) is 31.1 Å². The molecule has 0 aliphatic carbocycles. The van der Waals surface area contributed by atoms with Gasteiger partial charge in [-0.05, 0) is 43.3 Å². The first-order valence-electron chi connectivity index (χ1n) is 7.19. The highest BCUT2D eigenvalue weighted by molar-refractivity contribution is 5.45. The smallest absolute Gasteiger partial charge is 0.200 e. The number of anilines is 1. The van der Waals surface area contributed by atoms with Crippen LogP contribution in [0.25, 0.3) is 5.65 Å². The first-order valence-corrected chi connectivity index (χ1v) is 7.19. The van der Waals surface area contributed by atoms with Crippen LogP contribution in [0.15, 0.2) is 12.1 Å². The molecule has 0 spiro atoms. The van der Waals surface area contributed by atoms with Crippen molar-refractivity contribution in [3.8, 4) is 0 Å². The summed E-state index contributed by atoms with van der Waals surface area (Å²) in [5.74, 6) is 0.880. The third kappa shape index (κ3) is 3.11. The van der Waals surface area contributed by atoms with E-state index in [2.05, 4.69) is 37.3 Å². The Kier molecular flexibility index (Phi) is 3.50. The maximum Gasteiger partial charge on any atom is 0.200 e. The summed E-state index contributed by atoms with van der Waals surface area (Å²) < 4.78 is 1.45. The molecule has 1 saturated heterocycles. The fraction of sp³-hybridized carbons (Fsp3) is 0.692. The van der Waals surface area contributed by atoms with E-state index >= 15 is 0 Å². The molecular weight excluding hydrogens is 270 g/mol. The second kappa shape index (κ2) is 5.19. The predicted octanol–water partition coefficient (Wildman–Crippen LogP) is -0.199. The summed E-state index contributed by atoms with van der Waals surface area (Å²) in [5.41, 5.74) is -0.0158. The number of fused-ring (bicyclic) bond motifs is 1. The van der Waals surface area contributed by atoms with Crippen molar-refractivity contribution in [2.45, 2.75) is 32.4 Å². The number of aliphatic hydroxyl groups is 1. The highest BCUT2D eigenvalue weighted by Crippen LogP contribution is 2.19. The molecular formula is C13H21N7O. The molecule has 1 unspecified atom stereocenters. The Labute approximate surface area is 123 Å². The van der Waals surface area contributed by atoms with Crippen LogP contribution < -0.4 is 4.90 Å². The maximum absolute atomic E-state index is 9.94. The zero-order valence-electron chi connectivity index (χ0n) is 12.6. The van der Waals surface area contributed by atoms with E-state index in [1.807, 2.05) is 26.0 Å². The second-order valence-electron chi connectivity index (χ2n) is 6.31. The molecule has 1 atom stereocenters. The normalized spacial score (nSPS) is 21.1. The third-order valence-electron chi connectivity index (χ3n) is 3.67.